The first-order valence-corrected chi connectivity index (χ1v) is 6.23. The molecule has 0 radical (unpaired) electrons. The van der Waals surface area contributed by atoms with Gasteiger partial charge in [-0.25, -0.2) is 0 Å². The molecule has 0 atom stereocenters. The molecule has 0 unspecified atom stereocenters. The summed E-state index contributed by atoms with van der Waals surface area (Å²) < 4.78 is 11.4. The van der Waals surface area contributed by atoms with Gasteiger partial charge in [-0.2, -0.15) is 0 Å². The molecular weight excluding hydrogens is 296 g/mol. The lowest BCUT2D eigenvalue weighted by atomic mass is 10.2. The van der Waals surface area contributed by atoms with E-state index in [-0.39, 0.29) is 5.75 Å². The fourth-order valence-electron chi connectivity index (χ4n) is 1.53. The number of aromatic hydroxyl groups is 1. The molecule has 0 aliphatic carbocycles. The summed E-state index contributed by atoms with van der Waals surface area (Å²) >= 11 is 3.30. The minimum absolute atomic E-state index is 0.0820. The standard InChI is InChI=1S/C14H13BrO3/c1-17-13-8-14(12(16)7-11(13)15)18-9-10-5-3-2-4-6-10/h2-8,16H,9H2,1H3. The molecule has 0 saturated heterocycles. The lowest BCUT2D eigenvalue weighted by Gasteiger charge is -2.11. The minimum atomic E-state index is 0.0820. The van der Waals surface area contributed by atoms with Crippen molar-refractivity contribution in [1.82, 2.24) is 0 Å². The predicted molar refractivity (Wildman–Crippen MR) is 73.1 cm³/mol. The van der Waals surface area contributed by atoms with E-state index in [1.807, 2.05) is 30.3 Å². The molecule has 94 valence electrons. The van der Waals surface area contributed by atoms with Gasteiger partial charge < -0.3 is 14.6 Å². The third-order valence-electron chi connectivity index (χ3n) is 2.47. The van der Waals surface area contributed by atoms with Crippen molar-refractivity contribution in [2.45, 2.75) is 6.61 Å². The summed E-state index contributed by atoms with van der Waals surface area (Å²) in [6.45, 7) is 0.402. The van der Waals surface area contributed by atoms with Crippen molar-refractivity contribution >= 4 is 15.9 Å². The first-order valence-electron chi connectivity index (χ1n) is 5.44. The first-order chi connectivity index (χ1) is 8.70. The molecule has 0 aliphatic rings. The van der Waals surface area contributed by atoms with E-state index in [1.54, 1.807) is 19.2 Å². The number of rotatable bonds is 4. The monoisotopic (exact) mass is 308 g/mol. The van der Waals surface area contributed by atoms with E-state index in [9.17, 15) is 5.11 Å². The van der Waals surface area contributed by atoms with E-state index in [4.69, 9.17) is 9.47 Å². The number of phenolic OH excluding ortho intramolecular Hbond substituents is 1. The maximum Gasteiger partial charge on any atom is 0.165 e. The van der Waals surface area contributed by atoms with Crippen molar-refractivity contribution in [2.24, 2.45) is 0 Å². The third kappa shape index (κ3) is 2.96. The minimum Gasteiger partial charge on any atom is -0.504 e. The predicted octanol–water partition coefficient (Wildman–Crippen LogP) is 3.74. The highest BCUT2D eigenvalue weighted by atomic mass is 79.9. The summed E-state index contributed by atoms with van der Waals surface area (Å²) in [5.74, 6) is 1.10. The Labute approximate surface area is 114 Å². The lowest BCUT2D eigenvalue weighted by molar-refractivity contribution is 0.286. The van der Waals surface area contributed by atoms with Crippen molar-refractivity contribution in [3.05, 3.63) is 52.5 Å². The van der Waals surface area contributed by atoms with Gasteiger partial charge in [0.25, 0.3) is 0 Å². The van der Waals surface area contributed by atoms with Crippen molar-refractivity contribution in [3.8, 4) is 17.2 Å². The van der Waals surface area contributed by atoms with Gasteiger partial charge in [-0.05, 0) is 21.5 Å². The zero-order valence-corrected chi connectivity index (χ0v) is 11.5. The van der Waals surface area contributed by atoms with Crippen LogP contribution in [0.2, 0.25) is 0 Å². The summed E-state index contributed by atoms with van der Waals surface area (Å²) in [7, 11) is 1.57. The van der Waals surface area contributed by atoms with Gasteiger partial charge in [0.05, 0.1) is 11.6 Å². The molecule has 0 amide bonds. The number of phenols is 1. The van der Waals surface area contributed by atoms with E-state index in [0.29, 0.717) is 22.6 Å². The number of methoxy groups -OCH3 is 1. The SMILES string of the molecule is COc1cc(OCc2ccccc2)c(O)cc1Br. The van der Waals surface area contributed by atoms with Crippen molar-refractivity contribution < 1.29 is 14.6 Å². The van der Waals surface area contributed by atoms with Crippen LogP contribution in [0.5, 0.6) is 17.2 Å². The van der Waals surface area contributed by atoms with Gasteiger partial charge in [-0.3, -0.25) is 0 Å². The second-order valence-corrected chi connectivity index (χ2v) is 4.58. The molecule has 0 saturated carbocycles. The summed E-state index contributed by atoms with van der Waals surface area (Å²) in [5, 5.41) is 9.78. The average molecular weight is 309 g/mol. The topological polar surface area (TPSA) is 38.7 Å². The second kappa shape index (κ2) is 5.78. The van der Waals surface area contributed by atoms with Gasteiger partial charge in [-0.15, -0.1) is 0 Å². The largest absolute Gasteiger partial charge is 0.504 e. The van der Waals surface area contributed by atoms with Gasteiger partial charge in [0.2, 0.25) is 0 Å². The van der Waals surface area contributed by atoms with Crippen molar-refractivity contribution in [1.29, 1.82) is 0 Å². The van der Waals surface area contributed by atoms with Crippen molar-refractivity contribution in [2.75, 3.05) is 7.11 Å². The number of benzene rings is 2. The van der Waals surface area contributed by atoms with E-state index in [1.165, 1.54) is 0 Å². The Balaban J connectivity index is 2.14. The van der Waals surface area contributed by atoms with Gasteiger partial charge in [0, 0.05) is 12.1 Å². The molecule has 0 bridgehead atoms. The van der Waals surface area contributed by atoms with Crippen LogP contribution >= 0.6 is 15.9 Å². The molecule has 0 heterocycles. The van der Waals surface area contributed by atoms with Gasteiger partial charge >= 0.3 is 0 Å². The van der Waals surface area contributed by atoms with Crippen LogP contribution in [0.15, 0.2) is 46.9 Å². The Bertz CT molecular complexity index is 526. The smallest absolute Gasteiger partial charge is 0.165 e. The van der Waals surface area contributed by atoms with E-state index < -0.39 is 0 Å². The Hall–Kier alpha value is -1.68. The normalized spacial score (nSPS) is 10.1. The summed E-state index contributed by atoms with van der Waals surface area (Å²) in [6.07, 6.45) is 0. The van der Waals surface area contributed by atoms with Crippen LogP contribution in [0.3, 0.4) is 0 Å². The second-order valence-electron chi connectivity index (χ2n) is 3.73. The average Bonchev–Trinajstić information content (AvgIpc) is 2.39. The Morgan fingerprint density at radius 3 is 2.50 bits per heavy atom. The maximum absolute atomic E-state index is 9.78. The molecule has 1 N–H and O–H groups in total. The first kappa shape index (κ1) is 12.8. The van der Waals surface area contributed by atoms with E-state index in [0.717, 1.165) is 5.56 Å². The lowest BCUT2D eigenvalue weighted by Crippen LogP contribution is -1.96. The number of hydrogen-bond acceptors (Lipinski definition) is 3. The molecule has 2 rings (SSSR count). The number of hydrogen-bond donors (Lipinski definition) is 1. The molecule has 0 aromatic heterocycles. The molecule has 0 fully saturated rings. The van der Waals surface area contributed by atoms with Crippen LogP contribution in [-0.4, -0.2) is 12.2 Å². The zero-order chi connectivity index (χ0) is 13.0. The van der Waals surface area contributed by atoms with Crippen LogP contribution in [-0.2, 0) is 6.61 Å². The summed E-state index contributed by atoms with van der Waals surface area (Å²) in [4.78, 5) is 0. The fourth-order valence-corrected chi connectivity index (χ4v) is 2.02. The van der Waals surface area contributed by atoms with Gasteiger partial charge in [-0.1, -0.05) is 30.3 Å². The molecule has 18 heavy (non-hydrogen) atoms. The van der Waals surface area contributed by atoms with Crippen molar-refractivity contribution in [3.63, 3.8) is 0 Å². The molecule has 2 aromatic rings. The quantitative estimate of drug-likeness (QED) is 0.935. The van der Waals surface area contributed by atoms with E-state index in [2.05, 4.69) is 15.9 Å². The number of halogens is 1. The molecule has 3 nitrogen and oxygen atoms in total. The highest BCUT2D eigenvalue weighted by Gasteiger charge is 2.09. The van der Waals surface area contributed by atoms with Crippen LogP contribution in [0.25, 0.3) is 0 Å². The third-order valence-corrected chi connectivity index (χ3v) is 3.09. The van der Waals surface area contributed by atoms with Gasteiger partial charge in [0.1, 0.15) is 12.4 Å². The Morgan fingerprint density at radius 2 is 1.83 bits per heavy atom. The van der Waals surface area contributed by atoms with E-state index >= 15 is 0 Å². The number of ether oxygens (including phenoxy) is 2. The Kier molecular flexibility index (Phi) is 4.10. The van der Waals surface area contributed by atoms with Crippen LogP contribution in [0.1, 0.15) is 5.56 Å². The summed E-state index contributed by atoms with van der Waals surface area (Å²) in [6, 6.07) is 13.0. The molecule has 0 aliphatic heterocycles. The van der Waals surface area contributed by atoms with Crippen LogP contribution in [0.4, 0.5) is 0 Å². The molecule has 4 heteroatoms. The van der Waals surface area contributed by atoms with Crippen LogP contribution in [0, 0.1) is 0 Å². The van der Waals surface area contributed by atoms with Crippen LogP contribution < -0.4 is 9.47 Å². The van der Waals surface area contributed by atoms with Gasteiger partial charge in [0.15, 0.2) is 11.5 Å². The molecule has 2 aromatic carbocycles. The maximum atomic E-state index is 9.78. The molecule has 0 spiro atoms. The Morgan fingerprint density at radius 1 is 1.11 bits per heavy atom. The zero-order valence-electron chi connectivity index (χ0n) is 9.89. The fraction of sp³-hybridized carbons (Fsp3) is 0.143. The highest BCUT2D eigenvalue weighted by Crippen LogP contribution is 2.37. The highest BCUT2D eigenvalue weighted by molar-refractivity contribution is 9.10. The summed E-state index contributed by atoms with van der Waals surface area (Å²) in [5.41, 5.74) is 1.04. The molecular formula is C14H13BrO3.